The SMILES string of the molecule is CC[C@@H](C)NC(=O)[C@H](CC)N(Cc1ccccc1Cl)C(=O)CN(c1ccc(Cl)c(C(F)(F)F)c1)S(=O)(=O)c1ccc(C)cc1. The summed E-state index contributed by atoms with van der Waals surface area (Å²) in [5, 5.41) is 2.54. The molecule has 0 spiro atoms. The first-order valence-electron chi connectivity index (χ1n) is 13.9. The summed E-state index contributed by atoms with van der Waals surface area (Å²) in [4.78, 5) is 28.5. The highest BCUT2D eigenvalue weighted by molar-refractivity contribution is 7.92. The molecule has 0 heterocycles. The molecule has 2 amide bonds. The standard InChI is InChI=1S/C31H34Cl2F3N3O4S/c1-5-21(4)37-30(41)28(6-2)38(18-22-9-7-8-10-26(22)32)29(40)19-39(44(42,43)24-14-11-20(3)12-15-24)23-13-16-27(33)25(17-23)31(34,35)36/h7-17,21,28H,5-6,18-19H2,1-4H3,(H,37,41)/t21-,28+/m1/s1. The molecular formula is C31H34Cl2F3N3O4S. The maximum atomic E-state index is 14.1. The molecule has 3 aromatic carbocycles. The summed E-state index contributed by atoms with van der Waals surface area (Å²) < 4.78 is 70.0. The quantitative estimate of drug-likeness (QED) is 0.220. The van der Waals surface area contributed by atoms with Crippen LogP contribution in [0.3, 0.4) is 0 Å². The predicted octanol–water partition coefficient (Wildman–Crippen LogP) is 7.24. The Morgan fingerprint density at radius 3 is 2.14 bits per heavy atom. The number of halogens is 5. The molecule has 3 aromatic rings. The number of benzene rings is 3. The van der Waals surface area contributed by atoms with E-state index in [0.717, 1.165) is 17.7 Å². The second-order valence-corrected chi connectivity index (χ2v) is 13.0. The van der Waals surface area contributed by atoms with E-state index in [1.807, 2.05) is 6.92 Å². The van der Waals surface area contributed by atoms with E-state index in [1.165, 1.54) is 29.2 Å². The van der Waals surface area contributed by atoms with Crippen LogP contribution in [0.5, 0.6) is 0 Å². The average Bonchev–Trinajstić information content (AvgIpc) is 2.96. The Labute approximate surface area is 266 Å². The van der Waals surface area contributed by atoms with Gasteiger partial charge < -0.3 is 10.2 Å². The Morgan fingerprint density at radius 2 is 1.57 bits per heavy atom. The average molecular weight is 673 g/mol. The largest absolute Gasteiger partial charge is 0.417 e. The number of nitrogens with one attached hydrogen (secondary N) is 1. The van der Waals surface area contributed by atoms with Gasteiger partial charge in [0.15, 0.2) is 0 Å². The monoisotopic (exact) mass is 671 g/mol. The van der Waals surface area contributed by atoms with Crippen LogP contribution in [-0.2, 0) is 32.3 Å². The number of alkyl halides is 3. The molecule has 2 atom stereocenters. The van der Waals surface area contributed by atoms with E-state index in [-0.39, 0.29) is 23.9 Å². The topological polar surface area (TPSA) is 86.8 Å². The van der Waals surface area contributed by atoms with Crippen LogP contribution in [0.25, 0.3) is 0 Å². The van der Waals surface area contributed by atoms with Crippen LogP contribution in [0.4, 0.5) is 18.9 Å². The summed E-state index contributed by atoms with van der Waals surface area (Å²) in [6, 6.07) is 13.7. The zero-order chi connectivity index (χ0) is 32.8. The van der Waals surface area contributed by atoms with Crippen molar-refractivity contribution in [1.82, 2.24) is 10.2 Å². The van der Waals surface area contributed by atoms with Gasteiger partial charge in [0.05, 0.1) is 21.2 Å². The summed E-state index contributed by atoms with van der Waals surface area (Å²) in [5.74, 6) is -1.28. The fourth-order valence-electron chi connectivity index (χ4n) is 4.42. The molecule has 0 saturated heterocycles. The summed E-state index contributed by atoms with van der Waals surface area (Å²) >= 11 is 12.2. The van der Waals surface area contributed by atoms with E-state index in [2.05, 4.69) is 5.32 Å². The van der Waals surface area contributed by atoms with Gasteiger partial charge in [-0.05, 0) is 68.7 Å². The third kappa shape index (κ3) is 8.46. The number of rotatable bonds is 12. The van der Waals surface area contributed by atoms with Gasteiger partial charge in [-0.1, -0.05) is 72.9 Å². The van der Waals surface area contributed by atoms with Gasteiger partial charge in [-0.2, -0.15) is 13.2 Å². The van der Waals surface area contributed by atoms with Crippen LogP contribution in [0.1, 0.15) is 50.3 Å². The molecule has 238 valence electrons. The smallest absolute Gasteiger partial charge is 0.352 e. The Balaban J connectivity index is 2.16. The first kappa shape index (κ1) is 35.2. The second kappa shape index (κ2) is 14.7. The molecule has 0 unspecified atom stereocenters. The number of carbonyl (C=O) groups excluding carboxylic acids is 2. The number of sulfonamides is 1. The third-order valence-corrected chi connectivity index (χ3v) is 9.60. The van der Waals surface area contributed by atoms with E-state index in [0.29, 0.717) is 27.4 Å². The molecule has 7 nitrogen and oxygen atoms in total. The Kier molecular flexibility index (Phi) is 11.7. The number of anilines is 1. The first-order valence-corrected chi connectivity index (χ1v) is 16.1. The molecule has 0 saturated carbocycles. The van der Waals surface area contributed by atoms with Gasteiger partial charge in [-0.25, -0.2) is 8.42 Å². The van der Waals surface area contributed by atoms with Crippen molar-refractivity contribution in [2.24, 2.45) is 0 Å². The van der Waals surface area contributed by atoms with Crippen molar-refractivity contribution in [3.8, 4) is 0 Å². The van der Waals surface area contributed by atoms with Crippen LogP contribution in [0, 0.1) is 6.92 Å². The lowest BCUT2D eigenvalue weighted by Crippen LogP contribution is -2.53. The summed E-state index contributed by atoms with van der Waals surface area (Å²) in [5.41, 5.74) is -0.441. The van der Waals surface area contributed by atoms with Crippen molar-refractivity contribution >= 4 is 50.7 Å². The van der Waals surface area contributed by atoms with Gasteiger partial charge in [0.2, 0.25) is 11.8 Å². The molecule has 1 N–H and O–H groups in total. The van der Waals surface area contributed by atoms with Crippen LogP contribution in [0.15, 0.2) is 71.6 Å². The molecule has 0 radical (unpaired) electrons. The van der Waals surface area contributed by atoms with Crippen molar-refractivity contribution in [2.45, 2.75) is 70.2 Å². The zero-order valence-corrected chi connectivity index (χ0v) is 27.0. The van der Waals surface area contributed by atoms with Gasteiger partial charge in [0.1, 0.15) is 12.6 Å². The minimum Gasteiger partial charge on any atom is -0.352 e. The lowest BCUT2D eigenvalue weighted by Gasteiger charge is -2.34. The van der Waals surface area contributed by atoms with E-state index in [9.17, 15) is 31.2 Å². The molecule has 0 aliphatic rings. The maximum absolute atomic E-state index is 14.1. The van der Waals surface area contributed by atoms with Crippen LogP contribution < -0.4 is 9.62 Å². The Bertz CT molecular complexity index is 1580. The molecule has 0 aliphatic heterocycles. The van der Waals surface area contributed by atoms with E-state index < -0.39 is 56.9 Å². The number of aryl methyl sites for hydroxylation is 1. The molecule has 0 aliphatic carbocycles. The Hall–Kier alpha value is -3.28. The van der Waals surface area contributed by atoms with Gasteiger partial charge in [-0.3, -0.25) is 13.9 Å². The van der Waals surface area contributed by atoms with Gasteiger partial charge >= 0.3 is 6.18 Å². The highest BCUT2D eigenvalue weighted by Crippen LogP contribution is 2.38. The second-order valence-electron chi connectivity index (χ2n) is 10.3. The fraction of sp³-hybridized carbons (Fsp3) is 0.355. The normalized spacial score (nSPS) is 13.2. The minimum absolute atomic E-state index is 0.155. The number of nitrogens with zero attached hydrogens (tertiary/aromatic N) is 2. The van der Waals surface area contributed by atoms with Crippen molar-refractivity contribution in [2.75, 3.05) is 10.8 Å². The first-order chi connectivity index (χ1) is 20.6. The van der Waals surface area contributed by atoms with Crippen LogP contribution >= 0.6 is 23.2 Å². The van der Waals surface area contributed by atoms with E-state index in [4.69, 9.17) is 23.2 Å². The molecule has 3 rings (SSSR count). The maximum Gasteiger partial charge on any atom is 0.417 e. The highest BCUT2D eigenvalue weighted by atomic mass is 35.5. The summed E-state index contributed by atoms with van der Waals surface area (Å²) in [7, 11) is -4.58. The van der Waals surface area contributed by atoms with Gasteiger partial charge in [0.25, 0.3) is 10.0 Å². The molecule has 0 bridgehead atoms. The van der Waals surface area contributed by atoms with Crippen LogP contribution in [0.2, 0.25) is 10.0 Å². The van der Waals surface area contributed by atoms with Gasteiger partial charge in [-0.15, -0.1) is 0 Å². The number of hydrogen-bond donors (Lipinski definition) is 1. The van der Waals surface area contributed by atoms with Crippen molar-refractivity contribution < 1.29 is 31.2 Å². The lowest BCUT2D eigenvalue weighted by molar-refractivity contribution is -0.140. The molecule has 13 heteroatoms. The Morgan fingerprint density at radius 1 is 0.932 bits per heavy atom. The molecular weight excluding hydrogens is 638 g/mol. The number of amides is 2. The van der Waals surface area contributed by atoms with Gasteiger partial charge in [0, 0.05) is 17.6 Å². The van der Waals surface area contributed by atoms with Crippen molar-refractivity contribution in [3.05, 3.63) is 93.5 Å². The zero-order valence-electron chi connectivity index (χ0n) is 24.7. The number of carbonyl (C=O) groups is 2. The van der Waals surface area contributed by atoms with Crippen molar-refractivity contribution in [3.63, 3.8) is 0 Å². The number of hydrogen-bond acceptors (Lipinski definition) is 4. The van der Waals surface area contributed by atoms with E-state index in [1.54, 1.807) is 45.0 Å². The highest BCUT2D eigenvalue weighted by Gasteiger charge is 2.37. The summed E-state index contributed by atoms with van der Waals surface area (Å²) in [6.07, 6.45) is -4.10. The van der Waals surface area contributed by atoms with Crippen molar-refractivity contribution in [1.29, 1.82) is 0 Å². The summed E-state index contributed by atoms with van der Waals surface area (Å²) in [6.45, 7) is 6.06. The minimum atomic E-state index is -4.89. The third-order valence-electron chi connectivity index (χ3n) is 7.12. The molecule has 0 aromatic heterocycles. The van der Waals surface area contributed by atoms with Crippen LogP contribution in [-0.4, -0.2) is 43.8 Å². The molecule has 0 fully saturated rings. The molecule has 44 heavy (non-hydrogen) atoms. The fourth-order valence-corrected chi connectivity index (χ4v) is 6.25. The predicted molar refractivity (Wildman–Crippen MR) is 166 cm³/mol. The lowest BCUT2D eigenvalue weighted by atomic mass is 10.1. The van der Waals surface area contributed by atoms with E-state index >= 15 is 0 Å².